The Morgan fingerprint density at radius 1 is 1.09 bits per heavy atom. The van der Waals surface area contributed by atoms with Gasteiger partial charge in [-0.3, -0.25) is 0 Å². The number of urea groups is 1. The maximum atomic E-state index is 12.5. The number of pyridine rings is 1. The number of halogens is 2. The molecule has 1 fully saturated rings. The van der Waals surface area contributed by atoms with Crippen molar-refractivity contribution < 1.29 is 4.79 Å². The van der Waals surface area contributed by atoms with Crippen LogP contribution >= 0.6 is 27.5 Å². The highest BCUT2D eigenvalue weighted by atomic mass is 79.9. The maximum absolute atomic E-state index is 12.5. The Morgan fingerprint density at radius 2 is 1.94 bits per heavy atom. The number of nitrogens with zero attached hydrogens (tertiary/aromatic N) is 1. The first-order valence-electron chi connectivity index (χ1n) is 11.0. The first kappa shape index (κ1) is 21.3. The van der Waals surface area contributed by atoms with E-state index in [9.17, 15) is 4.79 Å². The summed E-state index contributed by atoms with van der Waals surface area (Å²) in [7, 11) is 0. The van der Waals surface area contributed by atoms with Crippen molar-refractivity contribution >= 4 is 55.4 Å². The Bertz CT molecular complexity index is 1300. The molecule has 0 spiro atoms. The summed E-state index contributed by atoms with van der Waals surface area (Å²) in [6.45, 7) is 0.415. The minimum atomic E-state index is -0.117. The zero-order chi connectivity index (χ0) is 22.1. The van der Waals surface area contributed by atoms with Crippen LogP contribution in [0.25, 0.3) is 33.1 Å². The van der Waals surface area contributed by atoms with Gasteiger partial charge in [0.15, 0.2) is 0 Å². The zero-order valence-corrected chi connectivity index (χ0v) is 19.9. The van der Waals surface area contributed by atoms with Gasteiger partial charge in [0.05, 0.1) is 11.2 Å². The fourth-order valence-corrected chi connectivity index (χ4v) is 5.05. The van der Waals surface area contributed by atoms with Gasteiger partial charge in [-0.05, 0) is 54.8 Å². The van der Waals surface area contributed by atoms with Crippen LogP contribution in [0.5, 0.6) is 0 Å². The predicted molar refractivity (Wildman–Crippen MR) is 134 cm³/mol. The number of fused-ring (bicyclic) bond motifs is 2. The average Bonchev–Trinajstić information content (AvgIpc) is 3.20. The summed E-state index contributed by atoms with van der Waals surface area (Å²) in [4.78, 5) is 20.7. The number of H-pyrrole nitrogens is 1. The summed E-state index contributed by atoms with van der Waals surface area (Å²) in [5.41, 5.74) is 4.71. The lowest BCUT2D eigenvalue weighted by Gasteiger charge is -2.23. The van der Waals surface area contributed by atoms with Gasteiger partial charge in [-0.15, -0.1) is 0 Å². The molecular weight excluding hydrogens is 488 g/mol. The van der Waals surface area contributed by atoms with Crippen molar-refractivity contribution in [3.05, 3.63) is 63.7 Å². The first-order valence-corrected chi connectivity index (χ1v) is 12.1. The molecule has 1 aliphatic rings. The average molecular weight is 512 g/mol. The molecule has 2 heterocycles. The van der Waals surface area contributed by atoms with Crippen molar-refractivity contribution in [2.24, 2.45) is 0 Å². The van der Waals surface area contributed by atoms with Crippen LogP contribution < -0.4 is 10.6 Å². The lowest BCUT2D eigenvalue weighted by molar-refractivity contribution is 0.232. The molecule has 0 radical (unpaired) electrons. The second-order valence-electron chi connectivity index (χ2n) is 8.38. The van der Waals surface area contributed by atoms with Crippen LogP contribution in [0.4, 0.5) is 4.79 Å². The van der Waals surface area contributed by atoms with Gasteiger partial charge < -0.3 is 15.6 Å². The lowest BCUT2D eigenvalue weighted by atomic mass is 9.96. The molecule has 0 saturated heterocycles. The summed E-state index contributed by atoms with van der Waals surface area (Å²) in [6.07, 6.45) is 7.73. The quantitative estimate of drug-likeness (QED) is 0.278. The van der Waals surface area contributed by atoms with Crippen molar-refractivity contribution in [2.45, 2.75) is 44.7 Å². The molecule has 2 amide bonds. The number of aromatic amines is 1. The molecule has 1 saturated carbocycles. The second-order valence-corrected chi connectivity index (χ2v) is 9.73. The fourth-order valence-electron chi connectivity index (χ4n) is 4.52. The van der Waals surface area contributed by atoms with Crippen molar-refractivity contribution in [2.75, 3.05) is 0 Å². The number of nitrogens with one attached hydrogen (secondary N) is 3. The Hall–Kier alpha value is -2.57. The molecule has 2 aromatic heterocycles. The van der Waals surface area contributed by atoms with E-state index in [1.165, 1.54) is 19.3 Å². The fraction of sp³-hybridized carbons (Fsp3) is 0.280. The highest BCUT2D eigenvalue weighted by Gasteiger charge is 2.16. The van der Waals surface area contributed by atoms with E-state index in [2.05, 4.69) is 43.7 Å². The van der Waals surface area contributed by atoms with Crippen LogP contribution in [0.3, 0.4) is 0 Å². The van der Waals surface area contributed by atoms with Crippen LogP contribution in [-0.4, -0.2) is 22.0 Å². The van der Waals surface area contributed by atoms with E-state index in [0.29, 0.717) is 11.6 Å². The molecule has 0 unspecified atom stereocenters. The maximum Gasteiger partial charge on any atom is 0.315 e. The summed E-state index contributed by atoms with van der Waals surface area (Å²) < 4.78 is 1.01. The molecule has 0 aliphatic heterocycles. The van der Waals surface area contributed by atoms with Crippen LogP contribution in [0.2, 0.25) is 5.02 Å². The van der Waals surface area contributed by atoms with Gasteiger partial charge in [-0.25, -0.2) is 9.78 Å². The second kappa shape index (κ2) is 9.12. The molecule has 32 heavy (non-hydrogen) atoms. The number of rotatable bonds is 4. The zero-order valence-electron chi connectivity index (χ0n) is 17.6. The highest BCUT2D eigenvalue weighted by molar-refractivity contribution is 9.10. The molecule has 3 N–H and O–H groups in total. The number of carbonyl (C=O) groups is 1. The summed E-state index contributed by atoms with van der Waals surface area (Å²) in [6, 6.07) is 14.0. The summed E-state index contributed by atoms with van der Waals surface area (Å²) in [5, 5.41) is 8.87. The number of carbonyl (C=O) groups excluding carboxylic acids is 1. The third kappa shape index (κ3) is 4.48. The van der Waals surface area contributed by atoms with Crippen molar-refractivity contribution in [1.29, 1.82) is 0 Å². The molecule has 2 aromatic carbocycles. The number of hydrogen-bond donors (Lipinski definition) is 3. The third-order valence-electron chi connectivity index (χ3n) is 6.16. The van der Waals surface area contributed by atoms with Gasteiger partial charge in [-0.1, -0.05) is 52.9 Å². The SMILES string of the molecule is O=C(NCc1cc(-c2c[nH]c3ccc(Br)cc23)nc2cc(Cl)ccc12)NC1CCCCC1. The van der Waals surface area contributed by atoms with E-state index in [1.54, 1.807) is 0 Å². The van der Waals surface area contributed by atoms with E-state index in [4.69, 9.17) is 16.6 Å². The lowest BCUT2D eigenvalue weighted by Crippen LogP contribution is -2.42. The number of amides is 2. The Labute approximate surface area is 200 Å². The Morgan fingerprint density at radius 3 is 2.78 bits per heavy atom. The minimum Gasteiger partial charge on any atom is -0.360 e. The molecule has 164 valence electrons. The van der Waals surface area contributed by atoms with Crippen molar-refractivity contribution in [1.82, 2.24) is 20.6 Å². The highest BCUT2D eigenvalue weighted by Crippen LogP contribution is 2.32. The molecule has 1 aliphatic carbocycles. The van der Waals surface area contributed by atoms with E-state index in [-0.39, 0.29) is 12.1 Å². The van der Waals surface area contributed by atoms with Gasteiger partial charge in [0, 0.05) is 50.1 Å². The van der Waals surface area contributed by atoms with E-state index in [1.807, 2.05) is 36.5 Å². The molecule has 7 heteroatoms. The van der Waals surface area contributed by atoms with Gasteiger partial charge in [0.1, 0.15) is 0 Å². The summed E-state index contributed by atoms with van der Waals surface area (Å²) >= 11 is 9.83. The van der Waals surface area contributed by atoms with Crippen LogP contribution in [-0.2, 0) is 6.54 Å². The van der Waals surface area contributed by atoms with E-state index >= 15 is 0 Å². The monoisotopic (exact) mass is 510 g/mol. The van der Waals surface area contributed by atoms with Crippen LogP contribution in [0.15, 0.2) is 53.1 Å². The van der Waals surface area contributed by atoms with Crippen molar-refractivity contribution in [3.63, 3.8) is 0 Å². The summed E-state index contributed by atoms with van der Waals surface area (Å²) in [5.74, 6) is 0. The molecule has 4 aromatic rings. The van der Waals surface area contributed by atoms with Gasteiger partial charge in [-0.2, -0.15) is 0 Å². The van der Waals surface area contributed by atoms with E-state index < -0.39 is 0 Å². The normalized spacial score (nSPS) is 14.7. The molecule has 5 rings (SSSR count). The number of hydrogen-bond acceptors (Lipinski definition) is 2. The Kier molecular flexibility index (Phi) is 6.07. The van der Waals surface area contributed by atoms with Crippen molar-refractivity contribution in [3.8, 4) is 11.3 Å². The van der Waals surface area contributed by atoms with Gasteiger partial charge >= 0.3 is 6.03 Å². The number of aromatic nitrogens is 2. The minimum absolute atomic E-state index is 0.117. The van der Waals surface area contributed by atoms with Crippen LogP contribution in [0, 0.1) is 0 Å². The van der Waals surface area contributed by atoms with Crippen LogP contribution in [0.1, 0.15) is 37.7 Å². The van der Waals surface area contributed by atoms with Gasteiger partial charge in [0.2, 0.25) is 0 Å². The smallest absolute Gasteiger partial charge is 0.315 e. The topological polar surface area (TPSA) is 69.8 Å². The van der Waals surface area contributed by atoms with Gasteiger partial charge in [0.25, 0.3) is 0 Å². The molecular formula is C25H24BrClN4O. The van der Waals surface area contributed by atoms with E-state index in [0.717, 1.165) is 55.9 Å². The standard InChI is InChI=1S/C25H24BrClN4O/c26-16-6-9-22-20(11-16)21(14-28-22)23-10-15(19-8-7-17(27)12-24(19)31-23)13-29-25(32)30-18-4-2-1-3-5-18/h6-12,14,18,28H,1-5,13H2,(H2,29,30,32). The third-order valence-corrected chi connectivity index (χ3v) is 6.89. The largest absolute Gasteiger partial charge is 0.360 e. The predicted octanol–water partition coefficient (Wildman–Crippen LogP) is 6.93. The Balaban J connectivity index is 1.47. The first-order chi connectivity index (χ1) is 15.6. The molecule has 5 nitrogen and oxygen atoms in total. The molecule has 0 atom stereocenters. The number of benzene rings is 2. The molecule has 0 bridgehead atoms.